The van der Waals surface area contributed by atoms with Crippen LogP contribution in [-0.2, 0) is 13.6 Å². The van der Waals surface area contributed by atoms with Crippen LogP contribution < -0.4 is 4.52 Å². The van der Waals surface area contributed by atoms with Gasteiger partial charge in [-0.25, -0.2) is 4.57 Å². The Labute approximate surface area is 109 Å². The molecule has 0 unspecified atom stereocenters. The third-order valence-corrected chi connectivity index (χ3v) is 3.89. The van der Waals surface area contributed by atoms with Crippen molar-refractivity contribution in [1.82, 2.24) is 0 Å². The number of benzene rings is 1. The lowest BCUT2D eigenvalue weighted by Gasteiger charge is -2.20. The summed E-state index contributed by atoms with van der Waals surface area (Å²) in [7, 11) is -3.51. The lowest BCUT2D eigenvalue weighted by molar-refractivity contribution is 0.167. The second kappa shape index (κ2) is 6.93. The molecule has 1 aromatic rings. The molecule has 0 fully saturated rings. The van der Waals surface area contributed by atoms with Crippen LogP contribution in [0.25, 0.3) is 0 Å². The number of para-hydroxylation sites is 1. The highest BCUT2D eigenvalue weighted by Crippen LogP contribution is 2.50. The maximum atomic E-state index is 12.3. The SMILES string of the molecule is CCOP(=O)(OCC)Oc1ccccc1C(C)C. The number of rotatable bonds is 7. The molecule has 0 spiro atoms. The van der Waals surface area contributed by atoms with Gasteiger partial charge in [0.15, 0.2) is 0 Å². The fraction of sp³-hybridized carbons (Fsp3) is 0.538. The van der Waals surface area contributed by atoms with Crippen molar-refractivity contribution < 1.29 is 18.1 Å². The van der Waals surface area contributed by atoms with E-state index in [4.69, 9.17) is 13.6 Å². The predicted octanol–water partition coefficient (Wildman–Crippen LogP) is 4.37. The zero-order valence-corrected chi connectivity index (χ0v) is 12.3. The molecule has 4 nitrogen and oxygen atoms in total. The van der Waals surface area contributed by atoms with E-state index in [9.17, 15) is 4.57 Å². The van der Waals surface area contributed by atoms with Crippen LogP contribution in [-0.4, -0.2) is 13.2 Å². The van der Waals surface area contributed by atoms with Gasteiger partial charge in [0.05, 0.1) is 13.2 Å². The highest BCUT2D eigenvalue weighted by molar-refractivity contribution is 7.48. The second-order valence-electron chi connectivity index (χ2n) is 4.07. The molecule has 5 heteroatoms. The fourth-order valence-electron chi connectivity index (χ4n) is 1.57. The summed E-state index contributed by atoms with van der Waals surface area (Å²) in [6.07, 6.45) is 0. The molecule has 0 aliphatic heterocycles. The molecule has 0 saturated heterocycles. The first kappa shape index (κ1) is 15.2. The number of phosphoric ester groups is 1. The van der Waals surface area contributed by atoms with E-state index < -0.39 is 7.82 Å². The van der Waals surface area contributed by atoms with E-state index in [1.165, 1.54) is 0 Å². The van der Waals surface area contributed by atoms with Crippen molar-refractivity contribution in [2.24, 2.45) is 0 Å². The highest BCUT2D eigenvalue weighted by atomic mass is 31.2. The average molecular weight is 272 g/mol. The summed E-state index contributed by atoms with van der Waals surface area (Å²) >= 11 is 0. The van der Waals surface area contributed by atoms with Gasteiger partial charge in [0.25, 0.3) is 0 Å². The van der Waals surface area contributed by atoms with Crippen molar-refractivity contribution in [3.8, 4) is 5.75 Å². The molecule has 0 heterocycles. The van der Waals surface area contributed by atoms with E-state index >= 15 is 0 Å². The molecule has 0 aliphatic carbocycles. The van der Waals surface area contributed by atoms with Crippen LogP contribution in [0.15, 0.2) is 24.3 Å². The van der Waals surface area contributed by atoms with Gasteiger partial charge in [0.2, 0.25) is 0 Å². The minimum Gasteiger partial charge on any atom is -0.404 e. The smallest absolute Gasteiger partial charge is 0.404 e. The number of hydrogen-bond acceptors (Lipinski definition) is 4. The van der Waals surface area contributed by atoms with Crippen LogP contribution >= 0.6 is 7.82 Å². The summed E-state index contributed by atoms with van der Waals surface area (Å²) in [6, 6.07) is 7.49. The summed E-state index contributed by atoms with van der Waals surface area (Å²) in [6.45, 7) is 8.16. The average Bonchev–Trinajstić information content (AvgIpc) is 2.29. The molecule has 0 amide bonds. The molecular weight excluding hydrogens is 251 g/mol. The Kier molecular flexibility index (Phi) is 5.86. The molecule has 1 rings (SSSR count). The summed E-state index contributed by atoms with van der Waals surface area (Å²) < 4.78 is 28.0. The lowest BCUT2D eigenvalue weighted by atomic mass is 10.0. The van der Waals surface area contributed by atoms with Crippen molar-refractivity contribution in [3.05, 3.63) is 29.8 Å². The Balaban J connectivity index is 2.97. The summed E-state index contributed by atoms with van der Waals surface area (Å²) in [5, 5.41) is 0. The molecule has 0 bridgehead atoms. The Bertz CT molecular complexity index is 407. The van der Waals surface area contributed by atoms with E-state index in [2.05, 4.69) is 13.8 Å². The number of hydrogen-bond donors (Lipinski definition) is 0. The zero-order valence-electron chi connectivity index (χ0n) is 11.4. The maximum absolute atomic E-state index is 12.3. The number of phosphoric acid groups is 1. The molecule has 102 valence electrons. The topological polar surface area (TPSA) is 44.8 Å². The van der Waals surface area contributed by atoms with Crippen LogP contribution in [0.2, 0.25) is 0 Å². The molecule has 0 aromatic heterocycles. The van der Waals surface area contributed by atoms with Gasteiger partial charge >= 0.3 is 7.82 Å². The molecule has 0 N–H and O–H groups in total. The third-order valence-electron chi connectivity index (χ3n) is 2.33. The van der Waals surface area contributed by atoms with Crippen molar-refractivity contribution in [1.29, 1.82) is 0 Å². The first-order valence-corrected chi connectivity index (χ1v) is 7.66. The minimum atomic E-state index is -3.51. The van der Waals surface area contributed by atoms with E-state index in [0.717, 1.165) is 5.56 Å². The van der Waals surface area contributed by atoms with E-state index in [1.807, 2.05) is 18.2 Å². The van der Waals surface area contributed by atoms with Crippen LogP contribution in [0, 0.1) is 0 Å². The Hall–Kier alpha value is -0.830. The van der Waals surface area contributed by atoms with Crippen molar-refractivity contribution in [2.45, 2.75) is 33.6 Å². The van der Waals surface area contributed by atoms with Gasteiger partial charge < -0.3 is 4.52 Å². The normalized spacial score (nSPS) is 11.8. The first-order chi connectivity index (χ1) is 8.52. The Morgan fingerprint density at radius 2 is 1.67 bits per heavy atom. The van der Waals surface area contributed by atoms with Crippen molar-refractivity contribution in [2.75, 3.05) is 13.2 Å². The molecule has 0 aliphatic rings. The van der Waals surface area contributed by atoms with Gasteiger partial charge in [0.1, 0.15) is 5.75 Å². The summed E-state index contributed by atoms with van der Waals surface area (Å²) in [4.78, 5) is 0. The van der Waals surface area contributed by atoms with Crippen molar-refractivity contribution in [3.63, 3.8) is 0 Å². The molecule has 0 saturated carbocycles. The zero-order chi connectivity index (χ0) is 13.6. The lowest BCUT2D eigenvalue weighted by Crippen LogP contribution is -2.04. The monoisotopic (exact) mass is 272 g/mol. The molecule has 0 radical (unpaired) electrons. The van der Waals surface area contributed by atoms with Gasteiger partial charge in [-0.05, 0) is 31.4 Å². The summed E-state index contributed by atoms with van der Waals surface area (Å²) in [5.41, 5.74) is 0.983. The van der Waals surface area contributed by atoms with Gasteiger partial charge in [-0.2, -0.15) is 0 Å². The van der Waals surface area contributed by atoms with Crippen LogP contribution in [0.3, 0.4) is 0 Å². The van der Waals surface area contributed by atoms with Gasteiger partial charge in [-0.3, -0.25) is 9.05 Å². The minimum absolute atomic E-state index is 0.276. The quantitative estimate of drug-likeness (QED) is 0.691. The Morgan fingerprint density at radius 3 is 2.17 bits per heavy atom. The van der Waals surface area contributed by atoms with Crippen LogP contribution in [0.4, 0.5) is 0 Å². The first-order valence-electron chi connectivity index (χ1n) is 6.20. The van der Waals surface area contributed by atoms with Crippen LogP contribution in [0.1, 0.15) is 39.2 Å². The molecule has 18 heavy (non-hydrogen) atoms. The maximum Gasteiger partial charge on any atom is 0.530 e. The second-order valence-corrected chi connectivity index (χ2v) is 5.66. The summed E-state index contributed by atoms with van der Waals surface area (Å²) in [5.74, 6) is 0.829. The third kappa shape index (κ3) is 4.13. The van der Waals surface area contributed by atoms with E-state index in [-0.39, 0.29) is 19.1 Å². The largest absolute Gasteiger partial charge is 0.530 e. The van der Waals surface area contributed by atoms with Crippen LogP contribution in [0.5, 0.6) is 5.75 Å². The standard InChI is InChI=1S/C13H21O4P/c1-5-15-18(14,16-6-2)17-13-10-8-7-9-12(13)11(3)4/h7-11H,5-6H2,1-4H3. The Morgan fingerprint density at radius 1 is 1.11 bits per heavy atom. The van der Waals surface area contributed by atoms with Crippen molar-refractivity contribution >= 4 is 7.82 Å². The molecule has 1 aromatic carbocycles. The van der Waals surface area contributed by atoms with Gasteiger partial charge in [-0.15, -0.1) is 0 Å². The highest BCUT2D eigenvalue weighted by Gasteiger charge is 2.28. The fourth-order valence-corrected chi connectivity index (χ4v) is 2.79. The van der Waals surface area contributed by atoms with E-state index in [0.29, 0.717) is 5.75 Å². The van der Waals surface area contributed by atoms with E-state index in [1.54, 1.807) is 19.9 Å². The molecule has 0 atom stereocenters. The predicted molar refractivity (Wildman–Crippen MR) is 72.0 cm³/mol. The van der Waals surface area contributed by atoms with Gasteiger partial charge in [-0.1, -0.05) is 32.0 Å². The van der Waals surface area contributed by atoms with Gasteiger partial charge in [0, 0.05) is 0 Å². The molecular formula is C13H21O4P.